The molecule has 0 amide bonds. The summed E-state index contributed by atoms with van der Waals surface area (Å²) >= 11 is 6.61. The van der Waals surface area contributed by atoms with E-state index in [1.54, 1.807) is 5.01 Å². The fraction of sp³-hybridized carbons (Fsp3) is 0.545. The average molecular weight is 242 g/mol. The van der Waals surface area contributed by atoms with Crippen molar-refractivity contribution in [2.75, 3.05) is 13.3 Å². The highest BCUT2D eigenvalue weighted by Crippen LogP contribution is 2.13. The molecule has 0 aromatic rings. The Bertz CT molecular complexity index is 300. The van der Waals surface area contributed by atoms with Gasteiger partial charge in [-0.15, -0.1) is 5.73 Å². The zero-order valence-corrected chi connectivity index (χ0v) is 11.6. The summed E-state index contributed by atoms with van der Waals surface area (Å²) in [6, 6.07) is 0. The minimum atomic E-state index is -0.102. The van der Waals surface area contributed by atoms with Gasteiger partial charge in [-0.2, -0.15) is 5.10 Å². The molecule has 0 bridgehead atoms. The van der Waals surface area contributed by atoms with Crippen LogP contribution in [0.1, 0.15) is 20.8 Å². The van der Waals surface area contributed by atoms with Crippen LogP contribution in [0.15, 0.2) is 23.0 Å². The number of thioether (sulfide) groups is 1. The van der Waals surface area contributed by atoms with E-state index in [1.807, 2.05) is 38.6 Å². The van der Waals surface area contributed by atoms with Crippen molar-refractivity contribution in [1.82, 2.24) is 5.01 Å². The van der Waals surface area contributed by atoms with Gasteiger partial charge in [-0.05, 0) is 25.3 Å². The molecular weight excluding hydrogens is 224 g/mol. The molecule has 0 saturated carbocycles. The summed E-state index contributed by atoms with van der Waals surface area (Å²) in [6.45, 7) is 6.09. The summed E-state index contributed by atoms with van der Waals surface area (Å²) in [7, 11) is 1.85. The smallest absolute Gasteiger partial charge is 0.156 e. The lowest BCUT2D eigenvalue weighted by Gasteiger charge is -2.16. The molecule has 2 nitrogen and oxygen atoms in total. The molecule has 0 aliphatic carbocycles. The molecule has 84 valence electrons. The van der Waals surface area contributed by atoms with Crippen LogP contribution in [0, 0.1) is 5.41 Å². The first kappa shape index (κ1) is 14.4. The Morgan fingerprint density at radius 3 is 2.60 bits per heavy atom. The van der Waals surface area contributed by atoms with Crippen LogP contribution >= 0.6 is 24.0 Å². The van der Waals surface area contributed by atoms with Crippen molar-refractivity contribution in [2.24, 2.45) is 10.5 Å². The minimum absolute atomic E-state index is 0.102. The van der Waals surface area contributed by atoms with Gasteiger partial charge in [-0.1, -0.05) is 37.8 Å². The number of hydrogen-bond donors (Lipinski definition) is 0. The molecule has 0 N–H and O–H groups in total. The first-order valence-electron chi connectivity index (χ1n) is 4.68. The molecular formula is C11H18N2S2. The zero-order chi connectivity index (χ0) is 11.9. The number of rotatable bonds is 3. The highest BCUT2D eigenvalue weighted by Gasteiger charge is 2.10. The topological polar surface area (TPSA) is 15.6 Å². The minimum Gasteiger partial charge on any atom is -0.252 e. The number of hydrazone groups is 1. The van der Waals surface area contributed by atoms with Gasteiger partial charge in [0.05, 0.1) is 0 Å². The van der Waals surface area contributed by atoms with E-state index in [4.69, 9.17) is 12.2 Å². The SMILES string of the molecule is CC=C=CC(C)(C)/C=N/N(C)C(=S)SC. The van der Waals surface area contributed by atoms with Crippen LogP contribution in [0.4, 0.5) is 0 Å². The van der Waals surface area contributed by atoms with E-state index >= 15 is 0 Å². The van der Waals surface area contributed by atoms with E-state index in [1.165, 1.54) is 11.8 Å². The second kappa shape index (κ2) is 6.83. The predicted molar refractivity (Wildman–Crippen MR) is 74.5 cm³/mol. The van der Waals surface area contributed by atoms with E-state index in [0.29, 0.717) is 0 Å². The second-order valence-corrected chi connectivity index (χ2v) is 5.10. The Kier molecular flexibility index (Phi) is 6.57. The van der Waals surface area contributed by atoms with E-state index in [2.05, 4.69) is 24.7 Å². The molecule has 0 heterocycles. The van der Waals surface area contributed by atoms with Gasteiger partial charge in [0.1, 0.15) is 0 Å². The first-order chi connectivity index (χ1) is 6.93. The number of thiocarbonyl (C=S) groups is 1. The maximum Gasteiger partial charge on any atom is 0.156 e. The summed E-state index contributed by atoms with van der Waals surface area (Å²) in [6.07, 6.45) is 7.67. The van der Waals surface area contributed by atoms with Crippen LogP contribution in [0.5, 0.6) is 0 Å². The molecule has 0 unspecified atom stereocenters. The van der Waals surface area contributed by atoms with Crippen molar-refractivity contribution in [3.05, 3.63) is 17.9 Å². The lowest BCUT2D eigenvalue weighted by atomic mass is 9.96. The summed E-state index contributed by atoms with van der Waals surface area (Å²) in [5.74, 6) is 0. The van der Waals surface area contributed by atoms with Gasteiger partial charge in [0, 0.05) is 18.7 Å². The van der Waals surface area contributed by atoms with Crippen LogP contribution in [0.3, 0.4) is 0 Å². The molecule has 0 radical (unpaired) electrons. The van der Waals surface area contributed by atoms with Crippen LogP contribution < -0.4 is 0 Å². The van der Waals surface area contributed by atoms with Crippen molar-refractivity contribution in [1.29, 1.82) is 0 Å². The predicted octanol–water partition coefficient (Wildman–Crippen LogP) is 3.31. The average Bonchev–Trinajstić information content (AvgIpc) is 2.22. The molecule has 0 rings (SSSR count). The summed E-state index contributed by atoms with van der Waals surface area (Å²) < 4.78 is 0.761. The Morgan fingerprint density at radius 1 is 1.53 bits per heavy atom. The lowest BCUT2D eigenvalue weighted by Crippen LogP contribution is -2.18. The van der Waals surface area contributed by atoms with Gasteiger partial charge < -0.3 is 0 Å². The van der Waals surface area contributed by atoms with Gasteiger partial charge in [0.25, 0.3) is 0 Å². The molecule has 0 atom stereocenters. The molecule has 0 aliphatic heterocycles. The maximum absolute atomic E-state index is 5.10. The Morgan fingerprint density at radius 2 is 2.13 bits per heavy atom. The van der Waals surface area contributed by atoms with Gasteiger partial charge in [-0.25, -0.2) is 0 Å². The van der Waals surface area contributed by atoms with Gasteiger partial charge in [0.2, 0.25) is 0 Å². The largest absolute Gasteiger partial charge is 0.252 e. The Hall–Kier alpha value is -0.570. The van der Waals surface area contributed by atoms with Crippen molar-refractivity contribution in [2.45, 2.75) is 20.8 Å². The van der Waals surface area contributed by atoms with Crippen LogP contribution in [0.25, 0.3) is 0 Å². The molecule has 15 heavy (non-hydrogen) atoms. The molecule has 0 aromatic heterocycles. The third-order valence-corrected chi connectivity index (χ3v) is 3.00. The molecule has 0 aliphatic rings. The third-order valence-electron chi connectivity index (χ3n) is 1.62. The molecule has 0 saturated heterocycles. The van der Waals surface area contributed by atoms with E-state index in [-0.39, 0.29) is 5.41 Å². The highest BCUT2D eigenvalue weighted by molar-refractivity contribution is 8.22. The molecule has 0 aromatic carbocycles. The number of hydrogen-bond acceptors (Lipinski definition) is 3. The Labute approximate surface area is 102 Å². The van der Waals surface area contributed by atoms with E-state index in [0.717, 1.165) is 4.32 Å². The van der Waals surface area contributed by atoms with Crippen molar-refractivity contribution >= 4 is 34.5 Å². The molecule has 0 spiro atoms. The quantitative estimate of drug-likeness (QED) is 0.327. The summed E-state index contributed by atoms with van der Waals surface area (Å²) in [4.78, 5) is 0. The number of nitrogens with zero attached hydrogens (tertiary/aromatic N) is 2. The Balaban J connectivity index is 4.51. The van der Waals surface area contributed by atoms with Gasteiger partial charge in [-0.3, -0.25) is 5.01 Å². The third kappa shape index (κ3) is 6.50. The fourth-order valence-electron chi connectivity index (χ4n) is 0.750. The normalized spacial score (nSPS) is 11.0. The number of allylic oxidation sites excluding steroid dienone is 1. The van der Waals surface area contributed by atoms with Crippen molar-refractivity contribution in [3.8, 4) is 0 Å². The molecule has 0 fully saturated rings. The second-order valence-electron chi connectivity index (χ2n) is 3.66. The van der Waals surface area contributed by atoms with Gasteiger partial charge >= 0.3 is 0 Å². The van der Waals surface area contributed by atoms with Crippen LogP contribution in [-0.4, -0.2) is 28.8 Å². The zero-order valence-electron chi connectivity index (χ0n) is 9.94. The van der Waals surface area contributed by atoms with E-state index < -0.39 is 0 Å². The summed E-state index contributed by atoms with van der Waals surface area (Å²) in [5.41, 5.74) is 2.96. The van der Waals surface area contributed by atoms with Crippen LogP contribution in [-0.2, 0) is 0 Å². The van der Waals surface area contributed by atoms with Crippen molar-refractivity contribution < 1.29 is 0 Å². The maximum atomic E-state index is 5.10. The first-order valence-corrected chi connectivity index (χ1v) is 6.31. The van der Waals surface area contributed by atoms with Crippen LogP contribution in [0.2, 0.25) is 0 Å². The lowest BCUT2D eigenvalue weighted by molar-refractivity contribution is 0.552. The fourth-order valence-corrected chi connectivity index (χ4v) is 1.11. The highest BCUT2D eigenvalue weighted by atomic mass is 32.2. The summed E-state index contributed by atoms with van der Waals surface area (Å²) in [5, 5.41) is 5.98. The molecule has 4 heteroatoms. The van der Waals surface area contributed by atoms with Crippen molar-refractivity contribution in [3.63, 3.8) is 0 Å². The monoisotopic (exact) mass is 242 g/mol. The standard InChI is InChI=1S/C11H18N2S2/c1-6-7-8-11(2,3)9-12-13(4)10(14)15-5/h6,8-9H,1-5H3/b12-9+. The van der Waals surface area contributed by atoms with E-state index in [9.17, 15) is 0 Å². The van der Waals surface area contributed by atoms with Gasteiger partial charge in [0.15, 0.2) is 4.32 Å².